The molecule has 0 radical (unpaired) electrons. The molecular weight excluding hydrogens is 327 g/mol. The van der Waals surface area contributed by atoms with Crippen molar-refractivity contribution < 1.29 is 21.6 Å². The highest BCUT2D eigenvalue weighted by Crippen LogP contribution is 2.33. The molecule has 0 amide bonds. The van der Waals surface area contributed by atoms with Gasteiger partial charge >= 0.3 is 6.18 Å². The molecule has 0 bridgehead atoms. The molecule has 0 saturated carbocycles. The summed E-state index contributed by atoms with van der Waals surface area (Å²) in [6, 6.07) is 3.38. The van der Waals surface area contributed by atoms with Gasteiger partial charge in [-0.15, -0.1) is 11.3 Å². The molecule has 2 rings (SSSR count). The standard InChI is InChI=1S/C11H6F3N3O2S2/c12-11(13,14)9-2-1-8(5-7(9)6-15)21(18,19)17-10-16-3-4-20-10/h1-5H,(H,16,17). The van der Waals surface area contributed by atoms with Gasteiger partial charge in [-0.1, -0.05) is 0 Å². The summed E-state index contributed by atoms with van der Waals surface area (Å²) in [7, 11) is -4.10. The van der Waals surface area contributed by atoms with Crippen LogP contribution < -0.4 is 4.72 Å². The number of hydrogen-bond acceptors (Lipinski definition) is 5. The van der Waals surface area contributed by atoms with E-state index in [1.807, 2.05) is 0 Å². The topological polar surface area (TPSA) is 82.8 Å². The Kier molecular flexibility index (Phi) is 3.89. The Morgan fingerprint density at radius 2 is 2.05 bits per heavy atom. The van der Waals surface area contributed by atoms with Gasteiger partial charge < -0.3 is 0 Å². The second-order valence-corrected chi connectivity index (χ2v) is 6.34. The van der Waals surface area contributed by atoms with E-state index in [-0.39, 0.29) is 5.13 Å². The number of benzene rings is 1. The molecule has 0 aliphatic heterocycles. The van der Waals surface area contributed by atoms with E-state index in [1.165, 1.54) is 17.6 Å². The third-order valence-electron chi connectivity index (χ3n) is 2.38. The first kappa shape index (κ1) is 15.3. The molecule has 0 atom stereocenters. The molecule has 1 aromatic heterocycles. The van der Waals surface area contributed by atoms with Crippen LogP contribution in [0.1, 0.15) is 11.1 Å². The van der Waals surface area contributed by atoms with E-state index in [1.54, 1.807) is 0 Å². The maximum Gasteiger partial charge on any atom is 0.417 e. The van der Waals surface area contributed by atoms with Gasteiger partial charge in [-0.2, -0.15) is 18.4 Å². The summed E-state index contributed by atoms with van der Waals surface area (Å²) < 4.78 is 64.0. The molecule has 0 fully saturated rings. The molecule has 21 heavy (non-hydrogen) atoms. The number of nitrogens with zero attached hydrogens (tertiary/aromatic N) is 2. The molecule has 10 heteroatoms. The Morgan fingerprint density at radius 1 is 1.33 bits per heavy atom. The second kappa shape index (κ2) is 5.34. The van der Waals surface area contributed by atoms with E-state index in [9.17, 15) is 21.6 Å². The van der Waals surface area contributed by atoms with Crippen LogP contribution in [0.2, 0.25) is 0 Å². The fourth-order valence-electron chi connectivity index (χ4n) is 1.48. The first-order chi connectivity index (χ1) is 9.74. The zero-order valence-electron chi connectivity index (χ0n) is 10.0. The molecular formula is C11H6F3N3O2S2. The second-order valence-electron chi connectivity index (χ2n) is 3.76. The molecule has 1 heterocycles. The third-order valence-corrected chi connectivity index (χ3v) is 4.54. The number of alkyl halides is 3. The summed E-state index contributed by atoms with van der Waals surface area (Å²) >= 11 is 1.02. The Bertz CT molecular complexity index is 793. The molecule has 0 aliphatic rings. The fourth-order valence-corrected chi connectivity index (χ4v) is 3.29. The van der Waals surface area contributed by atoms with Crippen molar-refractivity contribution in [2.45, 2.75) is 11.1 Å². The zero-order valence-corrected chi connectivity index (χ0v) is 11.7. The third kappa shape index (κ3) is 3.32. The number of sulfonamides is 1. The van der Waals surface area contributed by atoms with Crippen LogP contribution in [0.3, 0.4) is 0 Å². The predicted octanol–water partition coefficient (Wildman–Crippen LogP) is 2.83. The number of hydrogen-bond donors (Lipinski definition) is 1. The fraction of sp³-hybridized carbons (Fsp3) is 0.0909. The first-order valence-corrected chi connectivity index (χ1v) is 7.64. The lowest BCUT2D eigenvalue weighted by Crippen LogP contribution is -2.14. The highest BCUT2D eigenvalue weighted by molar-refractivity contribution is 7.93. The van der Waals surface area contributed by atoms with E-state index in [4.69, 9.17) is 5.26 Å². The Hall–Kier alpha value is -2.12. The molecule has 5 nitrogen and oxygen atoms in total. The van der Waals surface area contributed by atoms with Crippen molar-refractivity contribution in [1.82, 2.24) is 4.98 Å². The van der Waals surface area contributed by atoms with Crippen molar-refractivity contribution in [1.29, 1.82) is 5.26 Å². The van der Waals surface area contributed by atoms with E-state index in [0.29, 0.717) is 12.1 Å². The highest BCUT2D eigenvalue weighted by atomic mass is 32.2. The summed E-state index contributed by atoms with van der Waals surface area (Å²) in [6.07, 6.45) is -3.36. The van der Waals surface area contributed by atoms with Crippen molar-refractivity contribution in [3.63, 3.8) is 0 Å². The maximum atomic E-state index is 12.6. The molecule has 2 aromatic rings. The van der Waals surface area contributed by atoms with Crippen molar-refractivity contribution in [2.24, 2.45) is 0 Å². The Balaban J connectivity index is 2.44. The molecule has 0 unspecified atom stereocenters. The SMILES string of the molecule is N#Cc1cc(S(=O)(=O)Nc2nccs2)ccc1C(F)(F)F. The number of nitriles is 1. The zero-order chi connectivity index (χ0) is 15.7. The van der Waals surface area contributed by atoms with Gasteiger partial charge in [0.25, 0.3) is 10.0 Å². The lowest BCUT2D eigenvalue weighted by atomic mass is 10.1. The van der Waals surface area contributed by atoms with Crippen LogP contribution in [0.4, 0.5) is 18.3 Å². The van der Waals surface area contributed by atoms with E-state index >= 15 is 0 Å². The predicted molar refractivity (Wildman–Crippen MR) is 69.1 cm³/mol. The van der Waals surface area contributed by atoms with Gasteiger partial charge in [-0.05, 0) is 18.2 Å². The molecule has 0 spiro atoms. The molecule has 0 aliphatic carbocycles. The minimum absolute atomic E-state index is 0.0772. The van der Waals surface area contributed by atoms with E-state index in [2.05, 4.69) is 9.71 Å². The number of rotatable bonds is 3. The first-order valence-electron chi connectivity index (χ1n) is 5.28. The number of nitrogens with one attached hydrogen (secondary N) is 1. The van der Waals surface area contributed by atoms with Crippen molar-refractivity contribution >= 4 is 26.5 Å². The summed E-state index contributed by atoms with van der Waals surface area (Å²) in [6.45, 7) is 0. The molecule has 1 N–H and O–H groups in total. The monoisotopic (exact) mass is 333 g/mol. The van der Waals surface area contributed by atoms with Crippen LogP contribution in [0.5, 0.6) is 0 Å². The van der Waals surface area contributed by atoms with Gasteiger partial charge in [0.15, 0.2) is 5.13 Å². The number of thiazole rings is 1. The lowest BCUT2D eigenvalue weighted by molar-refractivity contribution is -0.137. The van der Waals surface area contributed by atoms with Gasteiger partial charge in [-0.3, -0.25) is 4.72 Å². The van der Waals surface area contributed by atoms with Crippen LogP contribution in [0.25, 0.3) is 0 Å². The Morgan fingerprint density at radius 3 is 2.57 bits per heavy atom. The van der Waals surface area contributed by atoms with Gasteiger partial charge in [-0.25, -0.2) is 13.4 Å². The van der Waals surface area contributed by atoms with Gasteiger partial charge in [0.1, 0.15) is 0 Å². The Labute approximate surface area is 121 Å². The maximum absolute atomic E-state index is 12.6. The average molecular weight is 333 g/mol. The van der Waals surface area contributed by atoms with Crippen molar-refractivity contribution in [2.75, 3.05) is 4.72 Å². The van der Waals surface area contributed by atoms with Gasteiger partial charge in [0.05, 0.1) is 22.1 Å². The van der Waals surface area contributed by atoms with E-state index < -0.39 is 32.2 Å². The minimum Gasteiger partial charge on any atom is -0.255 e. The summed E-state index contributed by atoms with van der Waals surface area (Å²) in [5.74, 6) is 0. The summed E-state index contributed by atoms with van der Waals surface area (Å²) in [5.41, 5.74) is -1.94. The van der Waals surface area contributed by atoms with Crippen LogP contribution in [-0.4, -0.2) is 13.4 Å². The van der Waals surface area contributed by atoms with Crippen LogP contribution in [-0.2, 0) is 16.2 Å². The minimum atomic E-state index is -4.73. The highest BCUT2D eigenvalue weighted by Gasteiger charge is 2.34. The number of aromatic nitrogens is 1. The van der Waals surface area contributed by atoms with Crippen molar-refractivity contribution in [3.05, 3.63) is 40.9 Å². The smallest absolute Gasteiger partial charge is 0.255 e. The van der Waals surface area contributed by atoms with Crippen LogP contribution in [0, 0.1) is 11.3 Å². The average Bonchev–Trinajstić information content (AvgIpc) is 2.89. The molecule has 110 valence electrons. The van der Waals surface area contributed by atoms with Gasteiger partial charge in [0.2, 0.25) is 0 Å². The quantitative estimate of drug-likeness (QED) is 0.936. The van der Waals surface area contributed by atoms with Crippen LogP contribution >= 0.6 is 11.3 Å². The van der Waals surface area contributed by atoms with Crippen LogP contribution in [0.15, 0.2) is 34.7 Å². The van der Waals surface area contributed by atoms with Crippen molar-refractivity contribution in [3.8, 4) is 6.07 Å². The lowest BCUT2D eigenvalue weighted by Gasteiger charge is -2.10. The summed E-state index contributed by atoms with van der Waals surface area (Å²) in [4.78, 5) is 3.27. The number of anilines is 1. The number of halogens is 3. The normalized spacial score (nSPS) is 11.9. The summed E-state index contributed by atoms with van der Waals surface area (Å²) in [5, 5.41) is 10.4. The van der Waals surface area contributed by atoms with Gasteiger partial charge in [0, 0.05) is 11.6 Å². The van der Waals surface area contributed by atoms with E-state index in [0.717, 1.165) is 17.4 Å². The molecule has 0 saturated heterocycles. The largest absolute Gasteiger partial charge is 0.417 e. The molecule has 1 aromatic carbocycles.